The van der Waals surface area contributed by atoms with Crippen molar-refractivity contribution in [1.82, 2.24) is 19.4 Å². The van der Waals surface area contributed by atoms with Gasteiger partial charge >= 0.3 is 0 Å². The summed E-state index contributed by atoms with van der Waals surface area (Å²) in [5.41, 5.74) is 1.00. The predicted molar refractivity (Wildman–Crippen MR) is 70.6 cm³/mol. The van der Waals surface area contributed by atoms with E-state index in [1.54, 1.807) is 6.07 Å². The first kappa shape index (κ1) is 12.0. The van der Waals surface area contributed by atoms with Gasteiger partial charge in [-0.05, 0) is 6.07 Å². The van der Waals surface area contributed by atoms with Crippen LogP contribution in [0.15, 0.2) is 24.5 Å². The van der Waals surface area contributed by atoms with Crippen molar-refractivity contribution in [3.63, 3.8) is 0 Å². The van der Waals surface area contributed by atoms with Gasteiger partial charge in [0.1, 0.15) is 16.1 Å². The van der Waals surface area contributed by atoms with E-state index in [1.807, 2.05) is 18.5 Å². The van der Waals surface area contributed by atoms with Gasteiger partial charge in [0.2, 0.25) is 0 Å². The van der Waals surface area contributed by atoms with Gasteiger partial charge in [-0.1, -0.05) is 29.3 Å². The van der Waals surface area contributed by atoms with E-state index in [4.69, 9.17) is 23.2 Å². The fourth-order valence-electron chi connectivity index (χ4n) is 2.16. The summed E-state index contributed by atoms with van der Waals surface area (Å²) in [5, 5.41) is 0.911. The van der Waals surface area contributed by atoms with Crippen LogP contribution >= 0.6 is 23.2 Å². The van der Waals surface area contributed by atoms with Gasteiger partial charge in [-0.15, -0.1) is 0 Å². The lowest BCUT2D eigenvalue weighted by Crippen LogP contribution is -2.33. The van der Waals surface area contributed by atoms with Gasteiger partial charge in [0.25, 0.3) is 0 Å². The lowest BCUT2D eigenvalue weighted by atomic mass is 10.2. The van der Waals surface area contributed by atoms with Crippen LogP contribution in [0.2, 0.25) is 10.3 Å². The molecule has 0 unspecified atom stereocenters. The molecule has 0 atom stereocenters. The number of rotatable bonds is 2. The molecule has 2 aromatic heterocycles. The summed E-state index contributed by atoms with van der Waals surface area (Å²) in [6.07, 6.45) is 3.86. The standard InChI is InChI=1S/C12H12Cl2N4/c13-10-2-1-9(12(14)16-10)7-17-5-6-18-4-3-15-11(18)8-17/h1-4H,5-8H2. The van der Waals surface area contributed by atoms with Crippen molar-refractivity contribution >= 4 is 23.2 Å². The van der Waals surface area contributed by atoms with E-state index in [0.29, 0.717) is 10.3 Å². The number of imidazole rings is 1. The summed E-state index contributed by atoms with van der Waals surface area (Å²) in [4.78, 5) is 10.7. The molecule has 4 nitrogen and oxygen atoms in total. The Hall–Kier alpha value is -1.10. The highest BCUT2D eigenvalue weighted by molar-refractivity contribution is 6.32. The molecule has 1 aliphatic rings. The maximum Gasteiger partial charge on any atom is 0.135 e. The molecule has 1 aliphatic heterocycles. The third kappa shape index (κ3) is 2.36. The molecule has 0 fully saturated rings. The molecular weight excluding hydrogens is 271 g/mol. The third-order valence-electron chi connectivity index (χ3n) is 3.11. The summed E-state index contributed by atoms with van der Waals surface area (Å²) >= 11 is 11.9. The van der Waals surface area contributed by atoms with Gasteiger partial charge in [-0.25, -0.2) is 9.97 Å². The third-order valence-corrected chi connectivity index (χ3v) is 3.65. The number of pyridine rings is 1. The zero-order valence-electron chi connectivity index (χ0n) is 9.68. The minimum atomic E-state index is 0.429. The molecule has 18 heavy (non-hydrogen) atoms. The number of fused-ring (bicyclic) bond motifs is 1. The SMILES string of the molecule is Clc1ccc(CN2CCn3ccnc3C2)c(Cl)n1. The monoisotopic (exact) mass is 282 g/mol. The zero-order valence-corrected chi connectivity index (χ0v) is 11.2. The van der Waals surface area contributed by atoms with E-state index in [1.165, 1.54) is 0 Å². The Morgan fingerprint density at radius 2 is 2.11 bits per heavy atom. The highest BCUT2D eigenvalue weighted by Crippen LogP contribution is 2.20. The second-order valence-corrected chi connectivity index (χ2v) is 5.08. The minimum Gasteiger partial charge on any atom is -0.333 e. The molecule has 0 amide bonds. The van der Waals surface area contributed by atoms with E-state index >= 15 is 0 Å². The Kier molecular flexibility index (Phi) is 3.24. The molecule has 0 aromatic carbocycles. The van der Waals surface area contributed by atoms with Crippen LogP contribution in [0.25, 0.3) is 0 Å². The van der Waals surface area contributed by atoms with Gasteiger partial charge in [0.15, 0.2) is 0 Å². The Bertz CT molecular complexity index is 567. The normalized spacial score (nSPS) is 15.7. The lowest BCUT2D eigenvalue weighted by molar-refractivity contribution is 0.208. The van der Waals surface area contributed by atoms with E-state index in [9.17, 15) is 0 Å². The average Bonchev–Trinajstić information content (AvgIpc) is 2.80. The van der Waals surface area contributed by atoms with Crippen molar-refractivity contribution in [3.05, 3.63) is 46.2 Å². The molecule has 2 aromatic rings. The summed E-state index contributed by atoms with van der Waals surface area (Å²) in [7, 11) is 0. The van der Waals surface area contributed by atoms with Gasteiger partial charge in [0.05, 0.1) is 6.54 Å². The molecule has 0 aliphatic carbocycles. The van der Waals surface area contributed by atoms with E-state index < -0.39 is 0 Å². The first-order chi connectivity index (χ1) is 8.72. The van der Waals surface area contributed by atoms with Crippen LogP contribution in [0, 0.1) is 0 Å². The predicted octanol–water partition coefficient (Wildman–Crippen LogP) is 2.60. The Balaban J connectivity index is 1.74. The van der Waals surface area contributed by atoms with Crippen molar-refractivity contribution < 1.29 is 0 Å². The largest absolute Gasteiger partial charge is 0.333 e. The first-order valence-electron chi connectivity index (χ1n) is 5.75. The van der Waals surface area contributed by atoms with Crippen LogP contribution in [-0.4, -0.2) is 26.0 Å². The highest BCUT2D eigenvalue weighted by Gasteiger charge is 2.17. The molecule has 0 N–H and O–H groups in total. The number of hydrogen-bond acceptors (Lipinski definition) is 3. The second kappa shape index (κ2) is 4.88. The van der Waals surface area contributed by atoms with E-state index in [2.05, 4.69) is 19.4 Å². The maximum atomic E-state index is 6.08. The van der Waals surface area contributed by atoms with Crippen molar-refractivity contribution in [3.8, 4) is 0 Å². The molecule has 0 saturated carbocycles. The van der Waals surface area contributed by atoms with Crippen molar-refractivity contribution in [2.75, 3.05) is 6.54 Å². The Morgan fingerprint density at radius 3 is 2.94 bits per heavy atom. The Labute approximate surface area is 115 Å². The molecular formula is C12H12Cl2N4. The molecule has 94 valence electrons. The first-order valence-corrected chi connectivity index (χ1v) is 6.51. The van der Waals surface area contributed by atoms with Crippen molar-refractivity contribution in [2.24, 2.45) is 0 Å². The Morgan fingerprint density at radius 1 is 1.22 bits per heavy atom. The summed E-state index contributed by atoms with van der Waals surface area (Å²) in [5.74, 6) is 1.10. The fraction of sp³-hybridized carbons (Fsp3) is 0.333. The number of aromatic nitrogens is 3. The van der Waals surface area contributed by atoms with Crippen LogP contribution in [0.3, 0.4) is 0 Å². The minimum absolute atomic E-state index is 0.429. The van der Waals surface area contributed by atoms with Gasteiger partial charge in [-0.3, -0.25) is 4.90 Å². The molecule has 0 radical (unpaired) electrons. The van der Waals surface area contributed by atoms with Gasteiger partial charge < -0.3 is 4.57 Å². The molecule has 0 saturated heterocycles. The van der Waals surface area contributed by atoms with Crippen LogP contribution in [-0.2, 0) is 19.6 Å². The van der Waals surface area contributed by atoms with Crippen molar-refractivity contribution in [2.45, 2.75) is 19.6 Å². The average molecular weight is 283 g/mol. The molecule has 0 bridgehead atoms. The van der Waals surface area contributed by atoms with E-state index in [-0.39, 0.29) is 0 Å². The summed E-state index contributed by atoms with van der Waals surface area (Å²) < 4.78 is 2.18. The second-order valence-electron chi connectivity index (χ2n) is 4.33. The zero-order chi connectivity index (χ0) is 12.5. The quantitative estimate of drug-likeness (QED) is 0.794. The van der Waals surface area contributed by atoms with Crippen molar-refractivity contribution in [1.29, 1.82) is 0 Å². The maximum absolute atomic E-state index is 6.08. The smallest absolute Gasteiger partial charge is 0.135 e. The highest BCUT2D eigenvalue weighted by atomic mass is 35.5. The van der Waals surface area contributed by atoms with Gasteiger partial charge in [0, 0.05) is 37.6 Å². The summed E-state index contributed by atoms with van der Waals surface area (Å²) in [6.45, 7) is 3.57. The molecule has 3 rings (SSSR count). The summed E-state index contributed by atoms with van der Waals surface area (Å²) in [6, 6.07) is 3.70. The van der Waals surface area contributed by atoms with E-state index in [0.717, 1.165) is 37.6 Å². The number of hydrogen-bond donors (Lipinski definition) is 0. The van der Waals surface area contributed by atoms with Crippen LogP contribution in [0.5, 0.6) is 0 Å². The molecule has 6 heteroatoms. The number of nitrogens with zero attached hydrogens (tertiary/aromatic N) is 4. The lowest BCUT2D eigenvalue weighted by Gasteiger charge is -2.27. The topological polar surface area (TPSA) is 34.0 Å². The van der Waals surface area contributed by atoms with Crippen LogP contribution < -0.4 is 0 Å². The van der Waals surface area contributed by atoms with Crippen LogP contribution in [0.1, 0.15) is 11.4 Å². The molecule has 3 heterocycles. The number of halogens is 2. The fourth-order valence-corrected chi connectivity index (χ4v) is 2.56. The van der Waals surface area contributed by atoms with Crippen LogP contribution in [0.4, 0.5) is 0 Å². The molecule has 0 spiro atoms. The van der Waals surface area contributed by atoms with Gasteiger partial charge in [-0.2, -0.15) is 0 Å².